The molecular weight excluding hydrogens is 488 g/mol. The fraction of sp³-hybridized carbons (Fsp3) is 0.500. The van der Waals surface area contributed by atoms with Gasteiger partial charge in [-0.3, -0.25) is 24.0 Å². The first kappa shape index (κ1) is 27.7. The normalized spacial score (nSPS) is 18.9. The Morgan fingerprint density at radius 1 is 1.21 bits per heavy atom. The lowest BCUT2D eigenvalue weighted by molar-refractivity contribution is -0.160. The maximum absolute atomic E-state index is 12.7. The molecule has 1 aromatic rings. The summed E-state index contributed by atoms with van der Waals surface area (Å²) in [5, 5.41) is 21.9. The van der Waals surface area contributed by atoms with Gasteiger partial charge in [-0.25, -0.2) is 0 Å². The Balaban J connectivity index is 2.13. The molecule has 1 heterocycles. The van der Waals surface area contributed by atoms with Gasteiger partial charge in [0, 0.05) is 11.4 Å². The van der Waals surface area contributed by atoms with Gasteiger partial charge in [0.15, 0.2) is 5.78 Å². The molecule has 9 nitrogen and oxygen atoms in total. The van der Waals surface area contributed by atoms with Crippen molar-refractivity contribution in [2.24, 2.45) is 11.3 Å². The molecule has 0 radical (unpaired) electrons. The van der Waals surface area contributed by atoms with Gasteiger partial charge in [-0.05, 0) is 36.3 Å². The first-order valence-electron chi connectivity index (χ1n) is 10.7. The van der Waals surface area contributed by atoms with E-state index in [9.17, 15) is 34.2 Å². The van der Waals surface area contributed by atoms with Crippen LogP contribution in [0.1, 0.15) is 49.9 Å². The van der Waals surface area contributed by atoms with Gasteiger partial charge in [-0.1, -0.05) is 43.5 Å². The lowest BCUT2D eigenvalue weighted by Gasteiger charge is -2.37. The molecule has 1 aliphatic heterocycles. The molecule has 184 valence electrons. The Morgan fingerprint density at radius 2 is 1.88 bits per heavy atom. The molecule has 1 fully saturated rings. The predicted octanol–water partition coefficient (Wildman–Crippen LogP) is 3.58. The summed E-state index contributed by atoms with van der Waals surface area (Å²) in [4.78, 5) is 60.6. The minimum atomic E-state index is -1.80. The van der Waals surface area contributed by atoms with Gasteiger partial charge >= 0.3 is 18.9 Å². The molecule has 3 N–H and O–H groups in total. The van der Waals surface area contributed by atoms with Gasteiger partial charge in [0.25, 0.3) is 11.9 Å². The lowest BCUT2D eigenvalue weighted by atomic mass is 9.43. The van der Waals surface area contributed by atoms with Crippen molar-refractivity contribution in [1.82, 2.24) is 5.32 Å². The quantitative estimate of drug-likeness (QED) is 0.380. The average Bonchev–Trinajstić information content (AvgIpc) is 2.71. The monoisotopic (exact) mass is 513 g/mol. The largest absolute Gasteiger partial charge is 0.536 e. The number of amides is 1. The second kappa shape index (κ2) is 11.7. The number of aliphatic carboxylic acids is 2. The standard InChI is InChI=1S/C22H26BCl2NO8/c1-12(2)5-13(23-11-22(21(32)33,8-18(28)29)9-19(30)34-23)6-15(27)10-26-20(31)16-7-14(24)3-4-17(16)25/h3-4,7,12-13H,5-6,8-11H2,1-2H3,(H,26,31)(H,28,29)(H,32,33)/t13-,22?/m1/s1. The van der Waals surface area contributed by atoms with Gasteiger partial charge in [-0.15, -0.1) is 0 Å². The molecule has 0 aliphatic carbocycles. The van der Waals surface area contributed by atoms with E-state index in [1.807, 2.05) is 13.8 Å². The highest BCUT2D eigenvalue weighted by Gasteiger charge is 2.52. The Labute approximate surface area is 207 Å². The number of Topliss-reactive ketones (excluding diaryl/α,β-unsaturated/α-hetero) is 1. The van der Waals surface area contributed by atoms with Crippen molar-refractivity contribution in [2.75, 3.05) is 6.54 Å². The second-order valence-electron chi connectivity index (χ2n) is 9.00. The summed E-state index contributed by atoms with van der Waals surface area (Å²) in [5.41, 5.74) is -1.69. The topological polar surface area (TPSA) is 147 Å². The summed E-state index contributed by atoms with van der Waals surface area (Å²) in [5.74, 6) is -4.96. The number of carboxylic acid groups (broad SMARTS) is 2. The van der Waals surface area contributed by atoms with E-state index in [1.165, 1.54) is 18.2 Å². The molecule has 34 heavy (non-hydrogen) atoms. The summed E-state index contributed by atoms with van der Waals surface area (Å²) < 4.78 is 5.39. The number of rotatable bonds is 11. The Kier molecular flexibility index (Phi) is 9.52. The number of carbonyl (C=O) groups excluding carboxylic acids is 3. The number of benzene rings is 1. The Bertz CT molecular complexity index is 982. The van der Waals surface area contributed by atoms with Crippen molar-refractivity contribution in [3.8, 4) is 0 Å². The number of ketones is 1. The molecular formula is C22H26BCl2NO8. The molecule has 1 amide bonds. The number of carboxylic acids is 2. The zero-order chi connectivity index (χ0) is 25.6. The highest BCUT2D eigenvalue weighted by atomic mass is 35.5. The number of hydrogen-bond donors (Lipinski definition) is 3. The first-order chi connectivity index (χ1) is 15.8. The zero-order valence-electron chi connectivity index (χ0n) is 18.8. The van der Waals surface area contributed by atoms with Crippen LogP contribution in [-0.4, -0.2) is 53.3 Å². The van der Waals surface area contributed by atoms with E-state index >= 15 is 0 Å². The van der Waals surface area contributed by atoms with E-state index in [2.05, 4.69) is 5.32 Å². The predicted molar refractivity (Wildman–Crippen MR) is 125 cm³/mol. The van der Waals surface area contributed by atoms with Crippen molar-refractivity contribution in [1.29, 1.82) is 0 Å². The number of carbonyl (C=O) groups is 5. The third kappa shape index (κ3) is 7.46. The lowest BCUT2D eigenvalue weighted by Crippen LogP contribution is -2.48. The number of nitrogens with one attached hydrogen (secondary N) is 1. The van der Waals surface area contributed by atoms with Gasteiger partial charge in [0.2, 0.25) is 0 Å². The van der Waals surface area contributed by atoms with Crippen molar-refractivity contribution < 1.29 is 38.8 Å². The zero-order valence-corrected chi connectivity index (χ0v) is 20.3. The van der Waals surface area contributed by atoms with Crippen LogP contribution in [-0.2, 0) is 23.8 Å². The molecule has 2 rings (SSSR count). The summed E-state index contributed by atoms with van der Waals surface area (Å²) in [6, 6.07) is 4.36. The van der Waals surface area contributed by atoms with Crippen LogP contribution in [0, 0.1) is 11.3 Å². The molecule has 1 saturated heterocycles. The molecule has 1 aliphatic rings. The van der Waals surface area contributed by atoms with Crippen LogP contribution < -0.4 is 5.32 Å². The van der Waals surface area contributed by atoms with Crippen LogP contribution in [0.15, 0.2) is 18.2 Å². The highest BCUT2D eigenvalue weighted by Crippen LogP contribution is 2.42. The molecule has 0 spiro atoms. The number of hydrogen-bond acceptors (Lipinski definition) is 6. The van der Waals surface area contributed by atoms with E-state index in [4.69, 9.17) is 27.9 Å². The number of halogens is 2. The van der Waals surface area contributed by atoms with Crippen molar-refractivity contribution in [3.63, 3.8) is 0 Å². The van der Waals surface area contributed by atoms with Gasteiger partial charge in [-0.2, -0.15) is 0 Å². The second-order valence-corrected chi connectivity index (χ2v) is 9.85. The van der Waals surface area contributed by atoms with Gasteiger partial charge in [0.1, 0.15) is 0 Å². The van der Waals surface area contributed by atoms with Crippen LogP contribution in [0.3, 0.4) is 0 Å². The summed E-state index contributed by atoms with van der Waals surface area (Å²) in [7, 11) is 0. The third-order valence-corrected chi connectivity index (χ3v) is 6.27. The fourth-order valence-corrected chi connectivity index (χ4v) is 4.57. The molecule has 12 heteroatoms. The molecule has 0 aromatic heterocycles. The van der Waals surface area contributed by atoms with E-state index in [1.54, 1.807) is 0 Å². The fourth-order valence-electron chi connectivity index (χ4n) is 4.19. The van der Waals surface area contributed by atoms with Crippen LogP contribution in [0.4, 0.5) is 0 Å². The summed E-state index contributed by atoms with van der Waals surface area (Å²) >= 11 is 11.9. The molecule has 1 aromatic carbocycles. The Hall–Kier alpha value is -2.59. The van der Waals surface area contributed by atoms with Gasteiger partial charge in [0.05, 0.1) is 35.4 Å². The van der Waals surface area contributed by atoms with Crippen LogP contribution in [0.2, 0.25) is 22.2 Å². The minimum Gasteiger partial charge on any atom is -0.536 e. The van der Waals surface area contributed by atoms with Gasteiger partial charge < -0.3 is 20.2 Å². The Morgan fingerprint density at radius 3 is 2.47 bits per heavy atom. The van der Waals surface area contributed by atoms with Crippen molar-refractivity contribution in [3.05, 3.63) is 33.8 Å². The van der Waals surface area contributed by atoms with Crippen LogP contribution in [0.5, 0.6) is 0 Å². The van der Waals surface area contributed by atoms with Crippen LogP contribution >= 0.6 is 23.2 Å². The van der Waals surface area contributed by atoms with Crippen LogP contribution in [0.25, 0.3) is 0 Å². The summed E-state index contributed by atoms with van der Waals surface area (Å²) in [6.07, 6.45) is -1.16. The van der Waals surface area contributed by atoms with E-state index < -0.39 is 54.8 Å². The SMILES string of the molecule is CC(C)C[C@H](CC(=O)CNC(=O)c1cc(Cl)ccc1Cl)B1CC(CC(=O)O)(C(=O)O)CC(=O)O1. The highest BCUT2D eigenvalue weighted by molar-refractivity contribution is 6.57. The third-order valence-electron chi connectivity index (χ3n) is 5.71. The summed E-state index contributed by atoms with van der Waals surface area (Å²) in [6.45, 7) is 2.52. The molecule has 0 saturated carbocycles. The first-order valence-corrected chi connectivity index (χ1v) is 11.5. The van der Waals surface area contributed by atoms with Crippen molar-refractivity contribution in [2.45, 2.75) is 51.7 Å². The van der Waals surface area contributed by atoms with E-state index in [0.717, 1.165) is 0 Å². The average molecular weight is 514 g/mol. The maximum Gasteiger partial charge on any atom is 0.366 e. The smallest absolute Gasteiger partial charge is 0.366 e. The molecule has 2 atom stereocenters. The molecule has 0 bridgehead atoms. The van der Waals surface area contributed by atoms with Crippen molar-refractivity contribution >= 4 is 59.7 Å². The van der Waals surface area contributed by atoms with E-state index in [0.29, 0.717) is 11.4 Å². The minimum absolute atomic E-state index is 0.0805. The molecule has 1 unspecified atom stereocenters. The maximum atomic E-state index is 12.7. The van der Waals surface area contributed by atoms with E-state index in [-0.39, 0.29) is 41.6 Å².